The van der Waals surface area contributed by atoms with Crippen molar-refractivity contribution in [3.05, 3.63) is 113 Å². The van der Waals surface area contributed by atoms with Gasteiger partial charge in [-0.15, -0.1) is 0 Å². The molecule has 1 heterocycles. The van der Waals surface area contributed by atoms with E-state index in [1.807, 2.05) is 0 Å². The molecule has 2 aliphatic rings. The zero-order chi connectivity index (χ0) is 22.2. The van der Waals surface area contributed by atoms with E-state index in [-0.39, 0.29) is 0 Å². The highest BCUT2D eigenvalue weighted by Gasteiger charge is 2.20. The second-order valence-corrected chi connectivity index (χ2v) is 8.70. The van der Waals surface area contributed by atoms with E-state index < -0.39 is 0 Å². The molecule has 0 radical (unpaired) electrons. The quantitative estimate of drug-likeness (QED) is 0.289. The molecule has 0 bridgehead atoms. The summed E-state index contributed by atoms with van der Waals surface area (Å²) in [6.07, 6.45) is 0. The van der Waals surface area contributed by atoms with Crippen LogP contribution >= 0.6 is 0 Å². The summed E-state index contributed by atoms with van der Waals surface area (Å²) in [7, 11) is 0. The number of aromatic nitrogens is 1. The molecule has 2 aromatic carbocycles. The Morgan fingerprint density at radius 2 is 1.12 bits per heavy atom. The average molecular weight is 414 g/mol. The van der Waals surface area contributed by atoms with E-state index in [1.165, 1.54) is 44.5 Å². The molecule has 1 aromatic heterocycles. The van der Waals surface area contributed by atoms with Crippen molar-refractivity contribution in [1.82, 2.24) is 4.98 Å². The monoisotopic (exact) mass is 413 g/mol. The number of aryl methyl sites for hydroxylation is 3. The summed E-state index contributed by atoms with van der Waals surface area (Å²) in [4.78, 5) is 5.13. The molecule has 1 nitrogen and oxygen atoms in total. The van der Waals surface area contributed by atoms with Crippen LogP contribution in [0.25, 0.3) is 44.8 Å². The van der Waals surface area contributed by atoms with Gasteiger partial charge in [-0.25, -0.2) is 4.98 Å². The first kappa shape index (κ1) is 20.2. The summed E-state index contributed by atoms with van der Waals surface area (Å²) >= 11 is 0. The maximum absolute atomic E-state index is 5.13. The van der Waals surface area contributed by atoms with Crippen LogP contribution in [0.3, 0.4) is 0 Å². The Kier molecular flexibility index (Phi) is 5.11. The molecule has 1 heteroatoms. The lowest BCUT2D eigenvalue weighted by atomic mass is 9.91. The topological polar surface area (TPSA) is 12.9 Å². The van der Waals surface area contributed by atoms with Gasteiger partial charge in [-0.3, -0.25) is 0 Å². The summed E-state index contributed by atoms with van der Waals surface area (Å²) < 4.78 is 0. The minimum absolute atomic E-state index is 1.00. The number of benzene rings is 2. The molecule has 0 amide bonds. The lowest BCUT2D eigenvalue weighted by Gasteiger charge is -2.16. The van der Waals surface area contributed by atoms with Crippen LogP contribution in [0, 0.1) is 27.7 Å². The molecule has 0 aliphatic heterocycles. The van der Waals surface area contributed by atoms with E-state index in [4.69, 9.17) is 4.98 Å². The maximum atomic E-state index is 5.13. The molecule has 0 saturated carbocycles. The molecular weight excluding hydrogens is 386 g/mol. The van der Waals surface area contributed by atoms with Crippen LogP contribution in [0.5, 0.6) is 0 Å². The molecule has 3 aromatic rings. The number of hydrogen-bond donors (Lipinski definition) is 0. The molecule has 2 aliphatic carbocycles. The van der Waals surface area contributed by atoms with Crippen molar-refractivity contribution in [3.8, 4) is 44.8 Å². The molecule has 0 unspecified atom stereocenters. The molecule has 0 atom stereocenters. The Bertz CT molecular complexity index is 1380. The standard InChI is InChI=1S/C31H27N/c1-20-17-21(2)26-15-16-27(30(26)22(3)18-20)28-19-29(24-11-7-5-8-12-24)32-31(23(28)4)25-13-9-6-10-14-25/h5-19H,1-4H3. The lowest BCUT2D eigenvalue weighted by molar-refractivity contribution is 1.27. The smallest absolute Gasteiger partial charge is 0.0744 e. The third-order valence-electron chi connectivity index (χ3n) is 6.34. The van der Waals surface area contributed by atoms with Gasteiger partial charge in [0.25, 0.3) is 0 Å². The van der Waals surface area contributed by atoms with E-state index in [1.54, 1.807) is 0 Å². The van der Waals surface area contributed by atoms with Gasteiger partial charge in [0.1, 0.15) is 0 Å². The van der Waals surface area contributed by atoms with Gasteiger partial charge in [-0.05, 0) is 72.7 Å². The predicted molar refractivity (Wildman–Crippen MR) is 136 cm³/mol. The van der Waals surface area contributed by atoms with Gasteiger partial charge < -0.3 is 0 Å². The fourth-order valence-corrected chi connectivity index (χ4v) is 4.85. The van der Waals surface area contributed by atoms with Crippen LogP contribution in [-0.2, 0) is 0 Å². The number of pyridine rings is 1. The van der Waals surface area contributed by atoms with Crippen LogP contribution in [-0.4, -0.2) is 4.98 Å². The summed E-state index contributed by atoms with van der Waals surface area (Å²) in [5, 5.41) is 0. The third kappa shape index (κ3) is 3.50. The second-order valence-electron chi connectivity index (χ2n) is 8.70. The third-order valence-corrected chi connectivity index (χ3v) is 6.34. The highest BCUT2D eigenvalue weighted by atomic mass is 14.7. The Balaban J connectivity index is 1.83. The molecule has 0 N–H and O–H groups in total. The lowest BCUT2D eigenvalue weighted by Crippen LogP contribution is -1.96. The fourth-order valence-electron chi connectivity index (χ4n) is 4.85. The first-order valence-corrected chi connectivity index (χ1v) is 11.2. The minimum Gasteiger partial charge on any atom is -0.247 e. The van der Waals surface area contributed by atoms with Crippen molar-refractivity contribution in [2.75, 3.05) is 0 Å². The Labute approximate surface area is 190 Å². The van der Waals surface area contributed by atoms with Gasteiger partial charge in [0.05, 0.1) is 11.4 Å². The van der Waals surface area contributed by atoms with Crippen LogP contribution in [0.1, 0.15) is 22.3 Å². The van der Waals surface area contributed by atoms with E-state index in [0.29, 0.717) is 0 Å². The van der Waals surface area contributed by atoms with Crippen LogP contribution < -0.4 is 0 Å². The van der Waals surface area contributed by atoms with E-state index in [0.717, 1.165) is 22.5 Å². The molecular formula is C31H27N. The van der Waals surface area contributed by atoms with Crippen molar-refractivity contribution < 1.29 is 0 Å². The number of hydrogen-bond acceptors (Lipinski definition) is 1. The molecule has 0 fully saturated rings. The van der Waals surface area contributed by atoms with Crippen molar-refractivity contribution in [2.24, 2.45) is 0 Å². The maximum Gasteiger partial charge on any atom is 0.0744 e. The summed E-state index contributed by atoms with van der Waals surface area (Å²) in [5.74, 6) is 0. The molecule has 0 spiro atoms. The molecule has 156 valence electrons. The summed E-state index contributed by atoms with van der Waals surface area (Å²) in [5.41, 5.74) is 14.7. The summed E-state index contributed by atoms with van der Waals surface area (Å²) in [6.45, 7) is 8.82. The van der Waals surface area contributed by atoms with E-state index >= 15 is 0 Å². The normalized spacial score (nSPS) is 11.1. The number of rotatable bonds is 3. The fraction of sp³-hybridized carbons (Fsp3) is 0.129. The molecule has 0 saturated heterocycles. The Morgan fingerprint density at radius 1 is 0.531 bits per heavy atom. The van der Waals surface area contributed by atoms with E-state index in [2.05, 4.69) is 119 Å². The Hall–Kier alpha value is -3.71. The van der Waals surface area contributed by atoms with Crippen molar-refractivity contribution in [3.63, 3.8) is 0 Å². The minimum atomic E-state index is 1.00. The van der Waals surface area contributed by atoms with Gasteiger partial charge in [-0.2, -0.15) is 0 Å². The van der Waals surface area contributed by atoms with Crippen LogP contribution in [0.4, 0.5) is 0 Å². The highest BCUT2D eigenvalue weighted by Crippen LogP contribution is 2.43. The zero-order valence-electron chi connectivity index (χ0n) is 19.1. The second kappa shape index (κ2) is 8.09. The SMILES string of the molecule is Cc1cc(C)c2ccc(-c3cc(-c4ccccc4)nc(-c4ccccc4)c3C)c-2c(C)c1. The molecule has 5 rings (SSSR count). The van der Waals surface area contributed by atoms with Gasteiger partial charge in [-0.1, -0.05) is 90.5 Å². The Morgan fingerprint density at radius 3 is 1.81 bits per heavy atom. The number of nitrogens with zero attached hydrogens (tertiary/aromatic N) is 1. The van der Waals surface area contributed by atoms with Gasteiger partial charge in [0.2, 0.25) is 0 Å². The van der Waals surface area contributed by atoms with E-state index in [9.17, 15) is 0 Å². The highest BCUT2D eigenvalue weighted by molar-refractivity contribution is 5.93. The van der Waals surface area contributed by atoms with Crippen LogP contribution in [0.2, 0.25) is 0 Å². The van der Waals surface area contributed by atoms with Crippen molar-refractivity contribution in [2.45, 2.75) is 27.7 Å². The summed E-state index contributed by atoms with van der Waals surface area (Å²) in [6, 6.07) is 32.4. The molecule has 32 heavy (non-hydrogen) atoms. The van der Waals surface area contributed by atoms with Crippen molar-refractivity contribution in [1.29, 1.82) is 0 Å². The zero-order valence-corrected chi connectivity index (χ0v) is 19.1. The average Bonchev–Trinajstić information content (AvgIpc) is 3.21. The first-order chi connectivity index (χ1) is 15.5. The number of fused-ring (bicyclic) bond motifs is 1. The largest absolute Gasteiger partial charge is 0.247 e. The van der Waals surface area contributed by atoms with Gasteiger partial charge in [0.15, 0.2) is 0 Å². The predicted octanol–water partition coefficient (Wildman–Crippen LogP) is 8.42. The van der Waals surface area contributed by atoms with Crippen LogP contribution in [0.15, 0.2) is 91.0 Å². The van der Waals surface area contributed by atoms with Gasteiger partial charge in [0, 0.05) is 11.1 Å². The first-order valence-electron chi connectivity index (χ1n) is 11.2. The van der Waals surface area contributed by atoms with Crippen molar-refractivity contribution >= 4 is 0 Å². The van der Waals surface area contributed by atoms with Gasteiger partial charge >= 0.3 is 0 Å².